The topological polar surface area (TPSA) is 64.3 Å². The third kappa shape index (κ3) is 6.25. The van der Waals surface area contributed by atoms with E-state index < -0.39 is 0 Å². The molecule has 4 nitrogen and oxygen atoms in total. The number of hydrogen-bond acceptors (Lipinski definition) is 3. The molecule has 18 heavy (non-hydrogen) atoms. The van der Waals surface area contributed by atoms with Crippen molar-refractivity contribution in [1.29, 1.82) is 0 Å². The Morgan fingerprint density at radius 2 is 2.00 bits per heavy atom. The van der Waals surface area contributed by atoms with Gasteiger partial charge in [0, 0.05) is 6.54 Å². The third-order valence-corrected chi connectivity index (χ3v) is 2.52. The quantitative estimate of drug-likeness (QED) is 0.738. The maximum Gasteiger partial charge on any atom is 0.231 e. The van der Waals surface area contributed by atoms with Gasteiger partial charge >= 0.3 is 0 Å². The fraction of sp³-hybridized carbons (Fsp3) is 0.500. The molecule has 0 bridgehead atoms. The zero-order chi connectivity index (χ0) is 13.4. The number of primary amides is 1. The van der Waals surface area contributed by atoms with Crippen LogP contribution in [0.4, 0.5) is 0 Å². The molecule has 1 aromatic carbocycles. The molecule has 0 aliphatic rings. The Morgan fingerprint density at radius 1 is 1.33 bits per heavy atom. The predicted molar refractivity (Wildman–Crippen MR) is 72.3 cm³/mol. The molecule has 3 N–H and O–H groups in total. The van der Waals surface area contributed by atoms with Crippen molar-refractivity contribution in [2.24, 2.45) is 11.7 Å². The first-order valence-electron chi connectivity index (χ1n) is 6.28. The fourth-order valence-corrected chi connectivity index (χ4v) is 1.45. The average molecular weight is 250 g/mol. The van der Waals surface area contributed by atoms with Crippen LogP contribution in [-0.4, -0.2) is 19.1 Å². The van der Waals surface area contributed by atoms with Gasteiger partial charge in [-0.05, 0) is 30.0 Å². The Labute approximate surface area is 109 Å². The van der Waals surface area contributed by atoms with E-state index in [0.29, 0.717) is 12.5 Å². The second-order valence-corrected chi connectivity index (χ2v) is 4.74. The van der Waals surface area contributed by atoms with Gasteiger partial charge in [-0.15, -0.1) is 0 Å². The van der Waals surface area contributed by atoms with Crippen molar-refractivity contribution < 1.29 is 9.53 Å². The van der Waals surface area contributed by atoms with E-state index >= 15 is 0 Å². The summed E-state index contributed by atoms with van der Waals surface area (Å²) >= 11 is 0. The number of amides is 1. The lowest BCUT2D eigenvalue weighted by Gasteiger charge is -2.09. The summed E-state index contributed by atoms with van der Waals surface area (Å²) in [6.45, 7) is 5.94. The fourth-order valence-electron chi connectivity index (χ4n) is 1.45. The largest absolute Gasteiger partial charge is 0.494 e. The minimum Gasteiger partial charge on any atom is -0.494 e. The van der Waals surface area contributed by atoms with Gasteiger partial charge in [0.15, 0.2) is 0 Å². The number of carbonyl (C=O) groups excluding carboxylic acids is 1. The molecule has 0 aliphatic heterocycles. The molecular formula is C14H22N2O2. The lowest BCUT2D eigenvalue weighted by molar-refractivity contribution is -0.117. The van der Waals surface area contributed by atoms with Gasteiger partial charge in [0.05, 0.1) is 13.2 Å². The van der Waals surface area contributed by atoms with Crippen LogP contribution in [0.3, 0.4) is 0 Å². The van der Waals surface area contributed by atoms with Gasteiger partial charge < -0.3 is 15.8 Å². The highest BCUT2D eigenvalue weighted by atomic mass is 16.5. The molecule has 0 unspecified atom stereocenters. The molecule has 0 spiro atoms. The Kier molecular flexibility index (Phi) is 6.22. The van der Waals surface area contributed by atoms with Gasteiger partial charge in [-0.2, -0.15) is 0 Å². The highest BCUT2D eigenvalue weighted by molar-refractivity contribution is 5.75. The van der Waals surface area contributed by atoms with Gasteiger partial charge in [0.2, 0.25) is 5.91 Å². The molecule has 100 valence electrons. The first-order chi connectivity index (χ1) is 8.58. The summed E-state index contributed by atoms with van der Waals surface area (Å²) in [5, 5.41) is 2.96. The van der Waals surface area contributed by atoms with Crippen LogP contribution in [0.25, 0.3) is 0 Å². The zero-order valence-corrected chi connectivity index (χ0v) is 11.1. The number of nitrogens with two attached hydrogens (primary N) is 1. The molecular weight excluding hydrogens is 228 g/mol. The van der Waals surface area contributed by atoms with Crippen LogP contribution in [0, 0.1) is 5.92 Å². The summed E-state index contributed by atoms with van der Waals surface area (Å²) < 4.78 is 5.62. The average Bonchev–Trinajstić information content (AvgIpc) is 2.30. The van der Waals surface area contributed by atoms with Gasteiger partial charge in [0.1, 0.15) is 5.75 Å². The maximum absolute atomic E-state index is 10.6. The molecule has 0 saturated heterocycles. The van der Waals surface area contributed by atoms with Crippen LogP contribution >= 0.6 is 0 Å². The molecule has 0 aliphatic carbocycles. The minimum atomic E-state index is -0.344. The monoisotopic (exact) mass is 250 g/mol. The van der Waals surface area contributed by atoms with Crippen molar-refractivity contribution in [2.75, 3.05) is 13.2 Å². The van der Waals surface area contributed by atoms with Gasteiger partial charge in [-0.1, -0.05) is 26.0 Å². The molecule has 0 saturated carbocycles. The summed E-state index contributed by atoms with van der Waals surface area (Å²) in [6.07, 6.45) is 1.06. The van der Waals surface area contributed by atoms with Crippen molar-refractivity contribution in [3.63, 3.8) is 0 Å². The summed E-state index contributed by atoms with van der Waals surface area (Å²) in [4.78, 5) is 10.6. The van der Waals surface area contributed by atoms with Crippen LogP contribution in [0.1, 0.15) is 25.8 Å². The van der Waals surface area contributed by atoms with Gasteiger partial charge in [-0.25, -0.2) is 0 Å². The maximum atomic E-state index is 10.6. The molecule has 0 atom stereocenters. The van der Waals surface area contributed by atoms with Gasteiger partial charge in [0.25, 0.3) is 0 Å². The SMILES string of the molecule is CC(C)CCOc1ccc(CNCC(N)=O)cc1. The molecule has 0 heterocycles. The van der Waals surface area contributed by atoms with E-state index in [0.717, 1.165) is 24.3 Å². The third-order valence-electron chi connectivity index (χ3n) is 2.52. The zero-order valence-electron chi connectivity index (χ0n) is 11.1. The second kappa shape index (κ2) is 7.71. The number of nitrogens with one attached hydrogen (secondary N) is 1. The normalized spacial score (nSPS) is 10.6. The highest BCUT2D eigenvalue weighted by Gasteiger charge is 1.98. The smallest absolute Gasteiger partial charge is 0.231 e. The summed E-state index contributed by atoms with van der Waals surface area (Å²) in [5.41, 5.74) is 6.14. The van der Waals surface area contributed by atoms with Crippen LogP contribution in [0.15, 0.2) is 24.3 Å². The molecule has 1 aromatic rings. The molecule has 1 rings (SSSR count). The number of hydrogen-bond donors (Lipinski definition) is 2. The number of ether oxygens (including phenoxy) is 1. The van der Waals surface area contributed by atoms with Crippen LogP contribution in [0.2, 0.25) is 0 Å². The van der Waals surface area contributed by atoms with E-state index in [9.17, 15) is 4.79 Å². The van der Waals surface area contributed by atoms with Crippen molar-refractivity contribution in [3.8, 4) is 5.75 Å². The number of rotatable bonds is 8. The predicted octanol–water partition coefficient (Wildman–Crippen LogP) is 1.69. The lowest BCUT2D eigenvalue weighted by Crippen LogP contribution is -2.28. The Balaban J connectivity index is 2.31. The Morgan fingerprint density at radius 3 is 2.56 bits per heavy atom. The van der Waals surface area contributed by atoms with Crippen LogP contribution < -0.4 is 15.8 Å². The lowest BCUT2D eigenvalue weighted by atomic mass is 10.1. The Bertz CT molecular complexity index is 361. The van der Waals surface area contributed by atoms with E-state index in [1.807, 2.05) is 24.3 Å². The van der Waals surface area contributed by atoms with Crippen molar-refractivity contribution in [1.82, 2.24) is 5.32 Å². The van der Waals surface area contributed by atoms with E-state index in [4.69, 9.17) is 10.5 Å². The van der Waals surface area contributed by atoms with E-state index in [1.54, 1.807) is 0 Å². The summed E-state index contributed by atoms with van der Waals surface area (Å²) in [5.74, 6) is 1.19. The van der Waals surface area contributed by atoms with Crippen molar-refractivity contribution in [3.05, 3.63) is 29.8 Å². The van der Waals surface area contributed by atoms with E-state index in [1.165, 1.54) is 0 Å². The van der Waals surface area contributed by atoms with Crippen molar-refractivity contribution in [2.45, 2.75) is 26.8 Å². The highest BCUT2D eigenvalue weighted by Crippen LogP contribution is 2.13. The number of benzene rings is 1. The summed E-state index contributed by atoms with van der Waals surface area (Å²) in [6, 6.07) is 7.86. The standard InChI is InChI=1S/C14H22N2O2/c1-11(2)7-8-18-13-5-3-12(4-6-13)9-16-10-14(15)17/h3-6,11,16H,7-10H2,1-2H3,(H2,15,17). The molecule has 1 amide bonds. The molecule has 0 fully saturated rings. The van der Waals surface area contributed by atoms with Crippen molar-refractivity contribution >= 4 is 5.91 Å². The first-order valence-corrected chi connectivity index (χ1v) is 6.28. The molecule has 0 radical (unpaired) electrons. The number of carbonyl (C=O) groups is 1. The van der Waals surface area contributed by atoms with E-state index in [-0.39, 0.29) is 12.5 Å². The van der Waals surface area contributed by atoms with Gasteiger partial charge in [-0.3, -0.25) is 4.79 Å². The van der Waals surface area contributed by atoms with Crippen LogP contribution in [-0.2, 0) is 11.3 Å². The minimum absolute atomic E-state index is 0.201. The molecule has 4 heteroatoms. The summed E-state index contributed by atoms with van der Waals surface area (Å²) in [7, 11) is 0. The van der Waals surface area contributed by atoms with E-state index in [2.05, 4.69) is 19.2 Å². The first kappa shape index (κ1) is 14.5. The second-order valence-electron chi connectivity index (χ2n) is 4.74. The molecule has 0 aromatic heterocycles. The van der Waals surface area contributed by atoms with Crippen LogP contribution in [0.5, 0.6) is 5.75 Å². The Hall–Kier alpha value is -1.55.